The number of dihydropyridines is 1. The largest absolute Gasteiger partial charge is 0.497 e. The lowest BCUT2D eigenvalue weighted by atomic mass is 9.86. The van der Waals surface area contributed by atoms with E-state index in [1.54, 1.807) is 7.11 Å². The number of hydrogen-bond donors (Lipinski definition) is 1. The molecule has 0 radical (unpaired) electrons. The van der Waals surface area contributed by atoms with Gasteiger partial charge in [-0.3, -0.25) is 0 Å². The van der Waals surface area contributed by atoms with Gasteiger partial charge < -0.3 is 10.1 Å². The Labute approximate surface area is 136 Å². The maximum Gasteiger partial charge on any atom is 0.118 e. The Bertz CT molecular complexity index is 796. The summed E-state index contributed by atoms with van der Waals surface area (Å²) in [7, 11) is 1.66. The lowest BCUT2D eigenvalue weighted by molar-refractivity contribution is 0.415. The molecule has 0 aromatic heterocycles. The van der Waals surface area contributed by atoms with Crippen LogP contribution < -0.4 is 10.1 Å². The molecule has 0 bridgehead atoms. The van der Waals surface area contributed by atoms with Crippen molar-refractivity contribution in [3.8, 4) is 11.8 Å². The fourth-order valence-corrected chi connectivity index (χ4v) is 2.81. The summed E-state index contributed by atoms with van der Waals surface area (Å²) in [5.74, 6) is 0.800. The quantitative estimate of drug-likeness (QED) is 0.923. The smallest absolute Gasteiger partial charge is 0.118 e. The van der Waals surface area contributed by atoms with Gasteiger partial charge in [-0.05, 0) is 48.4 Å². The highest BCUT2D eigenvalue weighted by atomic mass is 16.5. The zero-order chi connectivity index (χ0) is 16.2. The SMILES string of the molecule is COc1ccc(C2=CC(c3ccccc3)C(C#N)=C(C)N2)cc1. The van der Waals surface area contributed by atoms with Crippen LogP contribution in [0.1, 0.15) is 24.0 Å². The molecule has 1 unspecified atom stereocenters. The summed E-state index contributed by atoms with van der Waals surface area (Å²) < 4.78 is 5.21. The Morgan fingerprint density at radius 3 is 2.35 bits per heavy atom. The molecule has 1 aliphatic rings. The molecule has 1 heterocycles. The molecule has 0 spiro atoms. The third-order valence-electron chi connectivity index (χ3n) is 4.05. The summed E-state index contributed by atoms with van der Waals surface area (Å²) in [6, 6.07) is 20.4. The second kappa shape index (κ2) is 6.41. The van der Waals surface area contributed by atoms with E-state index in [4.69, 9.17) is 4.74 Å². The molecule has 114 valence electrons. The van der Waals surface area contributed by atoms with Crippen LogP contribution in [0.2, 0.25) is 0 Å². The number of allylic oxidation sites excluding steroid dienone is 3. The Hall–Kier alpha value is -2.99. The molecular weight excluding hydrogens is 284 g/mol. The molecule has 0 amide bonds. The van der Waals surface area contributed by atoms with E-state index in [0.717, 1.165) is 33.8 Å². The predicted molar refractivity (Wildman–Crippen MR) is 91.6 cm³/mol. The summed E-state index contributed by atoms with van der Waals surface area (Å²) in [4.78, 5) is 0. The van der Waals surface area contributed by atoms with Gasteiger partial charge in [-0.1, -0.05) is 30.3 Å². The van der Waals surface area contributed by atoms with Crippen LogP contribution in [0.5, 0.6) is 5.75 Å². The Morgan fingerprint density at radius 1 is 1.04 bits per heavy atom. The van der Waals surface area contributed by atoms with Crippen molar-refractivity contribution >= 4 is 5.70 Å². The van der Waals surface area contributed by atoms with Crippen LogP contribution in [0, 0.1) is 11.3 Å². The summed E-state index contributed by atoms with van der Waals surface area (Å²) >= 11 is 0. The zero-order valence-corrected chi connectivity index (χ0v) is 13.2. The van der Waals surface area contributed by atoms with Gasteiger partial charge in [0.1, 0.15) is 5.75 Å². The van der Waals surface area contributed by atoms with E-state index in [1.807, 2.05) is 49.4 Å². The molecule has 2 aromatic carbocycles. The molecule has 1 N–H and O–H groups in total. The average Bonchev–Trinajstić information content (AvgIpc) is 2.62. The predicted octanol–water partition coefficient (Wildman–Crippen LogP) is 4.22. The molecule has 23 heavy (non-hydrogen) atoms. The van der Waals surface area contributed by atoms with Crippen LogP contribution >= 0.6 is 0 Å². The highest BCUT2D eigenvalue weighted by Gasteiger charge is 2.23. The van der Waals surface area contributed by atoms with Gasteiger partial charge >= 0.3 is 0 Å². The van der Waals surface area contributed by atoms with Crippen LogP contribution in [0.15, 0.2) is 71.9 Å². The Balaban J connectivity index is 2.02. The van der Waals surface area contributed by atoms with Crippen molar-refractivity contribution in [2.75, 3.05) is 7.11 Å². The third kappa shape index (κ3) is 2.97. The minimum Gasteiger partial charge on any atom is -0.497 e. The van der Waals surface area contributed by atoms with E-state index < -0.39 is 0 Å². The maximum atomic E-state index is 9.52. The number of benzene rings is 2. The molecule has 1 aliphatic heterocycles. The summed E-state index contributed by atoms with van der Waals surface area (Å²) in [6.07, 6.45) is 2.11. The minimum absolute atomic E-state index is 0.0282. The lowest BCUT2D eigenvalue weighted by Gasteiger charge is -2.25. The van der Waals surface area contributed by atoms with E-state index in [1.165, 1.54) is 0 Å². The van der Waals surface area contributed by atoms with E-state index in [2.05, 4.69) is 29.6 Å². The van der Waals surface area contributed by atoms with Gasteiger partial charge in [-0.25, -0.2) is 0 Å². The summed E-state index contributed by atoms with van der Waals surface area (Å²) in [5.41, 5.74) is 4.86. The molecule has 3 heteroatoms. The van der Waals surface area contributed by atoms with Crippen molar-refractivity contribution in [1.82, 2.24) is 5.32 Å². The van der Waals surface area contributed by atoms with E-state index in [-0.39, 0.29) is 5.92 Å². The van der Waals surface area contributed by atoms with E-state index in [9.17, 15) is 5.26 Å². The number of rotatable bonds is 3. The highest BCUT2D eigenvalue weighted by molar-refractivity contribution is 5.71. The zero-order valence-electron chi connectivity index (χ0n) is 13.2. The Kier molecular flexibility index (Phi) is 4.16. The normalized spacial score (nSPS) is 17.1. The fraction of sp³-hybridized carbons (Fsp3) is 0.150. The van der Waals surface area contributed by atoms with Gasteiger partial charge in [0, 0.05) is 17.3 Å². The van der Waals surface area contributed by atoms with Crippen LogP contribution in [0.4, 0.5) is 0 Å². The van der Waals surface area contributed by atoms with E-state index >= 15 is 0 Å². The van der Waals surface area contributed by atoms with Crippen LogP contribution in [-0.4, -0.2) is 7.11 Å². The van der Waals surface area contributed by atoms with Gasteiger partial charge in [0.05, 0.1) is 18.8 Å². The number of hydrogen-bond acceptors (Lipinski definition) is 3. The molecule has 0 saturated heterocycles. The second-order valence-corrected chi connectivity index (χ2v) is 5.47. The monoisotopic (exact) mass is 302 g/mol. The topological polar surface area (TPSA) is 45.0 Å². The molecule has 1 atom stereocenters. The summed E-state index contributed by atoms with van der Waals surface area (Å²) in [6.45, 7) is 1.95. The Morgan fingerprint density at radius 2 is 1.74 bits per heavy atom. The van der Waals surface area contributed by atoms with Crippen LogP contribution in [0.3, 0.4) is 0 Å². The molecular formula is C20H18N2O. The first kappa shape index (κ1) is 14.9. The van der Waals surface area contributed by atoms with Crippen molar-refractivity contribution in [3.05, 3.63) is 83.1 Å². The van der Waals surface area contributed by atoms with Crippen LogP contribution in [-0.2, 0) is 0 Å². The molecule has 3 rings (SSSR count). The number of nitrogens with zero attached hydrogens (tertiary/aromatic N) is 1. The van der Waals surface area contributed by atoms with Crippen molar-refractivity contribution in [1.29, 1.82) is 5.26 Å². The first-order valence-corrected chi connectivity index (χ1v) is 7.52. The highest BCUT2D eigenvalue weighted by Crippen LogP contribution is 2.34. The van der Waals surface area contributed by atoms with Crippen molar-refractivity contribution in [2.45, 2.75) is 12.8 Å². The molecule has 2 aromatic rings. The van der Waals surface area contributed by atoms with Gasteiger partial charge in [-0.15, -0.1) is 0 Å². The molecule has 0 fully saturated rings. The maximum absolute atomic E-state index is 9.52. The first-order valence-electron chi connectivity index (χ1n) is 7.52. The first-order chi connectivity index (χ1) is 11.2. The number of ether oxygens (including phenoxy) is 1. The van der Waals surface area contributed by atoms with Crippen molar-refractivity contribution in [3.63, 3.8) is 0 Å². The number of nitriles is 1. The molecule has 0 aliphatic carbocycles. The summed E-state index contributed by atoms with van der Waals surface area (Å²) in [5, 5.41) is 12.9. The number of nitrogens with one attached hydrogen (secondary N) is 1. The van der Waals surface area contributed by atoms with Gasteiger partial charge in [-0.2, -0.15) is 5.26 Å². The second-order valence-electron chi connectivity index (χ2n) is 5.47. The molecule has 3 nitrogen and oxygen atoms in total. The van der Waals surface area contributed by atoms with Crippen molar-refractivity contribution in [2.24, 2.45) is 0 Å². The lowest BCUT2D eigenvalue weighted by Crippen LogP contribution is -2.20. The third-order valence-corrected chi connectivity index (χ3v) is 4.05. The van der Waals surface area contributed by atoms with Gasteiger partial charge in [0.25, 0.3) is 0 Å². The molecule has 0 saturated carbocycles. The van der Waals surface area contributed by atoms with Crippen LogP contribution in [0.25, 0.3) is 5.70 Å². The fourth-order valence-electron chi connectivity index (χ4n) is 2.81. The van der Waals surface area contributed by atoms with Gasteiger partial charge in [0.15, 0.2) is 0 Å². The standard InChI is InChI=1S/C20H18N2O/c1-14-19(13-21)18(15-6-4-3-5-7-15)12-20(22-14)16-8-10-17(23-2)11-9-16/h3-12,18,22H,1-2H3. The minimum atomic E-state index is -0.0282. The van der Waals surface area contributed by atoms with Crippen molar-refractivity contribution < 1.29 is 4.74 Å². The number of methoxy groups -OCH3 is 1. The van der Waals surface area contributed by atoms with E-state index in [0.29, 0.717) is 0 Å². The van der Waals surface area contributed by atoms with Gasteiger partial charge in [0.2, 0.25) is 0 Å². The average molecular weight is 302 g/mol.